The summed E-state index contributed by atoms with van der Waals surface area (Å²) >= 11 is 0. The van der Waals surface area contributed by atoms with Gasteiger partial charge in [-0.15, -0.1) is 0 Å². The molecule has 1 aliphatic carbocycles. The Labute approximate surface area is 98.8 Å². The molecular formula is C10H15N5O2. The Morgan fingerprint density at radius 3 is 2.65 bits per heavy atom. The standard InChI is InChI=1S/C10H15N5O2/c1-3-11-8-7(15(16)17)9(13-6-12-8)14-10(2)4-5-10/h6H,3-5H2,1-2H3,(H2,11,12,13,14). The summed E-state index contributed by atoms with van der Waals surface area (Å²) in [6, 6.07) is 0. The van der Waals surface area contributed by atoms with Gasteiger partial charge in [0.15, 0.2) is 0 Å². The van der Waals surface area contributed by atoms with Crippen molar-refractivity contribution in [1.29, 1.82) is 0 Å². The first-order valence-corrected chi connectivity index (χ1v) is 5.57. The molecule has 7 heteroatoms. The van der Waals surface area contributed by atoms with Gasteiger partial charge in [0.1, 0.15) is 6.33 Å². The van der Waals surface area contributed by atoms with Crippen LogP contribution in [0, 0.1) is 10.1 Å². The van der Waals surface area contributed by atoms with Crippen LogP contribution in [0.25, 0.3) is 0 Å². The zero-order valence-corrected chi connectivity index (χ0v) is 9.86. The summed E-state index contributed by atoms with van der Waals surface area (Å²) < 4.78 is 0. The first-order valence-electron chi connectivity index (χ1n) is 5.57. The Morgan fingerprint density at radius 2 is 2.12 bits per heavy atom. The fraction of sp³-hybridized carbons (Fsp3) is 0.600. The van der Waals surface area contributed by atoms with E-state index < -0.39 is 4.92 Å². The van der Waals surface area contributed by atoms with Gasteiger partial charge >= 0.3 is 5.69 Å². The second-order valence-electron chi connectivity index (χ2n) is 4.39. The van der Waals surface area contributed by atoms with E-state index in [-0.39, 0.29) is 17.0 Å². The summed E-state index contributed by atoms with van der Waals surface area (Å²) in [5.41, 5.74) is -0.134. The Hall–Kier alpha value is -1.92. The molecule has 2 N–H and O–H groups in total. The molecule has 0 spiro atoms. The van der Waals surface area contributed by atoms with Crippen LogP contribution < -0.4 is 10.6 Å². The quantitative estimate of drug-likeness (QED) is 0.599. The molecule has 0 aliphatic heterocycles. The number of hydrogen-bond donors (Lipinski definition) is 2. The lowest BCUT2D eigenvalue weighted by molar-refractivity contribution is -0.383. The van der Waals surface area contributed by atoms with Gasteiger partial charge in [-0.3, -0.25) is 10.1 Å². The first kappa shape index (κ1) is 11.6. The number of nitro groups is 1. The van der Waals surface area contributed by atoms with E-state index in [1.165, 1.54) is 6.33 Å². The highest BCUT2D eigenvalue weighted by atomic mass is 16.6. The molecule has 0 radical (unpaired) electrons. The normalized spacial score (nSPS) is 16.4. The number of nitrogens with zero attached hydrogens (tertiary/aromatic N) is 3. The zero-order chi connectivity index (χ0) is 12.5. The maximum Gasteiger partial charge on any atom is 0.353 e. The third-order valence-electron chi connectivity index (χ3n) is 2.77. The fourth-order valence-corrected chi connectivity index (χ4v) is 1.54. The topological polar surface area (TPSA) is 93.0 Å². The molecule has 17 heavy (non-hydrogen) atoms. The molecule has 0 unspecified atom stereocenters. The summed E-state index contributed by atoms with van der Waals surface area (Å²) in [5.74, 6) is 0.556. The maximum absolute atomic E-state index is 11.1. The molecule has 2 rings (SSSR count). The van der Waals surface area contributed by atoms with Crippen molar-refractivity contribution in [2.24, 2.45) is 0 Å². The van der Waals surface area contributed by atoms with Crippen LogP contribution in [0.1, 0.15) is 26.7 Å². The van der Waals surface area contributed by atoms with Crippen molar-refractivity contribution in [2.75, 3.05) is 17.2 Å². The number of hydrogen-bond acceptors (Lipinski definition) is 6. The highest BCUT2D eigenvalue weighted by Gasteiger charge is 2.39. The monoisotopic (exact) mass is 237 g/mol. The fourth-order valence-electron chi connectivity index (χ4n) is 1.54. The molecule has 0 amide bonds. The average molecular weight is 237 g/mol. The highest BCUT2D eigenvalue weighted by Crippen LogP contribution is 2.40. The number of nitrogens with one attached hydrogen (secondary N) is 2. The van der Waals surface area contributed by atoms with Crippen molar-refractivity contribution in [3.8, 4) is 0 Å². The number of rotatable bonds is 5. The highest BCUT2D eigenvalue weighted by molar-refractivity contribution is 5.70. The molecule has 1 aliphatic rings. The second kappa shape index (κ2) is 4.15. The Morgan fingerprint density at radius 1 is 1.47 bits per heavy atom. The summed E-state index contributed by atoms with van der Waals surface area (Å²) in [7, 11) is 0. The van der Waals surface area contributed by atoms with E-state index in [0.717, 1.165) is 12.8 Å². The van der Waals surface area contributed by atoms with Crippen molar-refractivity contribution in [1.82, 2.24) is 9.97 Å². The van der Waals surface area contributed by atoms with E-state index in [1.807, 2.05) is 13.8 Å². The van der Waals surface area contributed by atoms with Gasteiger partial charge in [-0.05, 0) is 26.7 Å². The third-order valence-corrected chi connectivity index (χ3v) is 2.77. The molecule has 92 valence electrons. The van der Waals surface area contributed by atoms with Gasteiger partial charge in [-0.25, -0.2) is 9.97 Å². The third kappa shape index (κ3) is 2.43. The van der Waals surface area contributed by atoms with Crippen molar-refractivity contribution in [2.45, 2.75) is 32.2 Å². The smallest absolute Gasteiger partial charge is 0.353 e. The van der Waals surface area contributed by atoms with Crippen LogP contribution >= 0.6 is 0 Å². The van der Waals surface area contributed by atoms with Crippen molar-refractivity contribution >= 4 is 17.3 Å². The Bertz CT molecular complexity index is 444. The molecule has 0 aromatic carbocycles. The van der Waals surface area contributed by atoms with Gasteiger partial charge in [0.25, 0.3) is 0 Å². The summed E-state index contributed by atoms with van der Waals surface area (Å²) in [6.45, 7) is 4.46. The minimum Gasteiger partial charge on any atom is -0.364 e. The van der Waals surface area contributed by atoms with Crippen molar-refractivity contribution in [3.63, 3.8) is 0 Å². The van der Waals surface area contributed by atoms with Gasteiger partial charge in [0.2, 0.25) is 11.6 Å². The van der Waals surface area contributed by atoms with Gasteiger partial charge in [0.05, 0.1) is 4.92 Å². The van der Waals surface area contributed by atoms with Crippen LogP contribution in [0.15, 0.2) is 6.33 Å². The molecule has 0 atom stereocenters. The molecule has 0 saturated heterocycles. The van der Waals surface area contributed by atoms with Crippen LogP contribution in [-0.4, -0.2) is 27.0 Å². The van der Waals surface area contributed by atoms with E-state index in [1.54, 1.807) is 0 Å². The first-order chi connectivity index (χ1) is 8.06. The lowest BCUT2D eigenvalue weighted by Gasteiger charge is -2.13. The molecule has 1 aromatic rings. The van der Waals surface area contributed by atoms with Crippen LogP contribution in [0.4, 0.5) is 17.3 Å². The minimum atomic E-state index is -0.452. The van der Waals surface area contributed by atoms with Gasteiger partial charge < -0.3 is 10.6 Å². The second-order valence-corrected chi connectivity index (χ2v) is 4.39. The van der Waals surface area contributed by atoms with Crippen molar-refractivity contribution in [3.05, 3.63) is 16.4 Å². The molecule has 1 heterocycles. The van der Waals surface area contributed by atoms with Gasteiger partial charge in [-0.2, -0.15) is 0 Å². The maximum atomic E-state index is 11.1. The SMILES string of the molecule is CCNc1ncnc(NC2(C)CC2)c1[N+](=O)[O-]. The number of anilines is 2. The molecule has 1 saturated carbocycles. The van der Waals surface area contributed by atoms with Crippen LogP contribution in [0.2, 0.25) is 0 Å². The minimum absolute atomic E-state index is 0.0530. The van der Waals surface area contributed by atoms with E-state index in [0.29, 0.717) is 12.4 Å². The molecule has 1 fully saturated rings. The summed E-state index contributed by atoms with van der Waals surface area (Å²) in [4.78, 5) is 18.5. The zero-order valence-electron chi connectivity index (χ0n) is 9.86. The molecule has 0 bridgehead atoms. The molecular weight excluding hydrogens is 222 g/mol. The Balaban J connectivity index is 2.35. The van der Waals surface area contributed by atoms with E-state index in [4.69, 9.17) is 0 Å². The Kier molecular flexibility index (Phi) is 2.83. The molecule has 1 aromatic heterocycles. The van der Waals surface area contributed by atoms with Gasteiger partial charge in [-0.1, -0.05) is 0 Å². The van der Waals surface area contributed by atoms with Crippen LogP contribution in [0.3, 0.4) is 0 Å². The largest absolute Gasteiger partial charge is 0.364 e. The van der Waals surface area contributed by atoms with Crippen LogP contribution in [-0.2, 0) is 0 Å². The predicted molar refractivity (Wildman–Crippen MR) is 64.1 cm³/mol. The summed E-state index contributed by atoms with van der Waals surface area (Å²) in [5, 5.41) is 17.0. The number of aromatic nitrogens is 2. The van der Waals surface area contributed by atoms with Crippen molar-refractivity contribution < 1.29 is 4.92 Å². The van der Waals surface area contributed by atoms with Gasteiger partial charge in [0, 0.05) is 12.1 Å². The van der Waals surface area contributed by atoms with E-state index >= 15 is 0 Å². The predicted octanol–water partition coefficient (Wildman–Crippen LogP) is 1.78. The summed E-state index contributed by atoms with van der Waals surface area (Å²) in [6.07, 6.45) is 3.34. The lowest BCUT2D eigenvalue weighted by Crippen LogP contribution is -2.19. The average Bonchev–Trinajstić information content (AvgIpc) is 2.96. The lowest BCUT2D eigenvalue weighted by atomic mass is 10.3. The van der Waals surface area contributed by atoms with E-state index in [9.17, 15) is 10.1 Å². The molecule has 7 nitrogen and oxygen atoms in total. The van der Waals surface area contributed by atoms with Crippen LogP contribution in [0.5, 0.6) is 0 Å². The van der Waals surface area contributed by atoms with E-state index in [2.05, 4.69) is 20.6 Å².